The van der Waals surface area contributed by atoms with Gasteiger partial charge in [-0.25, -0.2) is 24.2 Å². The number of hydrogen-bond donors (Lipinski definition) is 2. The fourth-order valence-electron chi connectivity index (χ4n) is 2.30. The average molecular weight is 285 g/mol. The number of rotatable bonds is 3. The molecule has 0 spiro atoms. The second-order valence-electron chi connectivity index (χ2n) is 4.86. The molecule has 0 aliphatic carbocycles. The lowest BCUT2D eigenvalue weighted by Gasteiger charge is -2.36. The first-order valence-electron chi connectivity index (χ1n) is 6.27. The summed E-state index contributed by atoms with van der Waals surface area (Å²) in [7, 11) is -3.53. The molecule has 7 nitrogen and oxygen atoms in total. The number of anilines is 1. The fourth-order valence-corrected chi connectivity index (χ4v) is 3.95. The molecule has 0 saturated carbocycles. The van der Waals surface area contributed by atoms with Crippen molar-refractivity contribution in [1.29, 1.82) is 0 Å². The van der Waals surface area contributed by atoms with Crippen LogP contribution in [-0.2, 0) is 10.0 Å². The van der Waals surface area contributed by atoms with E-state index in [1.54, 1.807) is 0 Å². The molecule has 2 atom stereocenters. The van der Waals surface area contributed by atoms with Gasteiger partial charge in [-0.1, -0.05) is 6.92 Å². The lowest BCUT2D eigenvalue weighted by molar-refractivity contribution is 0.202. The maximum Gasteiger partial charge on any atom is 0.246 e. The third-order valence-electron chi connectivity index (χ3n) is 3.68. The molecule has 0 amide bonds. The van der Waals surface area contributed by atoms with Crippen molar-refractivity contribution in [3.63, 3.8) is 0 Å². The normalized spacial score (nSPS) is 25.2. The molecule has 3 N–H and O–H groups in total. The summed E-state index contributed by atoms with van der Waals surface area (Å²) in [6.07, 6.45) is 4.50. The molecule has 2 rings (SSSR count). The number of nitrogens with one attached hydrogen (secondary N) is 1. The standard InChI is InChI=1S/C11H19N5O2S/c1-8-4-3-5-16(9(8)2)19(17,18)10-6-13-11(15-12)14-7-10/h6-9H,3-5,12H2,1-2H3,(H,13,14,15). The first kappa shape index (κ1) is 14.2. The summed E-state index contributed by atoms with van der Waals surface area (Å²) in [6.45, 7) is 4.56. The fraction of sp³-hybridized carbons (Fsp3) is 0.636. The largest absolute Gasteiger partial charge is 0.292 e. The van der Waals surface area contributed by atoms with Gasteiger partial charge in [0.05, 0.1) is 12.4 Å². The number of piperidine rings is 1. The number of nitrogen functional groups attached to an aromatic ring is 1. The first-order chi connectivity index (χ1) is 8.96. The Bertz CT molecular complexity index is 531. The molecule has 1 aliphatic heterocycles. The zero-order valence-corrected chi connectivity index (χ0v) is 11.9. The third-order valence-corrected chi connectivity index (χ3v) is 5.62. The monoisotopic (exact) mass is 285 g/mol. The van der Waals surface area contributed by atoms with E-state index >= 15 is 0 Å². The molecule has 0 bridgehead atoms. The molecule has 1 saturated heterocycles. The molecular weight excluding hydrogens is 266 g/mol. The number of aromatic nitrogens is 2. The molecule has 1 fully saturated rings. The van der Waals surface area contributed by atoms with E-state index in [9.17, 15) is 8.42 Å². The van der Waals surface area contributed by atoms with Crippen LogP contribution in [0.4, 0.5) is 5.95 Å². The molecular formula is C11H19N5O2S. The predicted octanol–water partition coefficient (Wildman–Crippen LogP) is 0.571. The topological polar surface area (TPSA) is 101 Å². The highest BCUT2D eigenvalue weighted by Gasteiger charge is 2.34. The molecule has 106 valence electrons. The van der Waals surface area contributed by atoms with Gasteiger partial charge in [0.25, 0.3) is 0 Å². The Morgan fingerprint density at radius 1 is 1.37 bits per heavy atom. The van der Waals surface area contributed by atoms with E-state index in [1.165, 1.54) is 16.7 Å². The smallest absolute Gasteiger partial charge is 0.246 e. The summed E-state index contributed by atoms with van der Waals surface area (Å²) in [4.78, 5) is 7.80. The van der Waals surface area contributed by atoms with Crippen LogP contribution in [-0.4, -0.2) is 35.3 Å². The minimum Gasteiger partial charge on any atom is -0.292 e. The Labute approximate surface area is 113 Å². The van der Waals surface area contributed by atoms with Gasteiger partial charge in [0.2, 0.25) is 16.0 Å². The van der Waals surface area contributed by atoms with Gasteiger partial charge in [-0.2, -0.15) is 4.31 Å². The van der Waals surface area contributed by atoms with Crippen LogP contribution >= 0.6 is 0 Å². The summed E-state index contributed by atoms with van der Waals surface area (Å²) in [6, 6.07) is -0.00828. The average Bonchev–Trinajstić information content (AvgIpc) is 2.41. The molecule has 0 radical (unpaired) electrons. The third kappa shape index (κ3) is 2.70. The summed E-state index contributed by atoms with van der Waals surface area (Å²) in [5.74, 6) is 5.71. The van der Waals surface area contributed by atoms with Crippen molar-refractivity contribution >= 4 is 16.0 Å². The lowest BCUT2D eigenvalue weighted by atomic mass is 9.94. The van der Waals surface area contributed by atoms with E-state index in [0.29, 0.717) is 12.5 Å². The molecule has 8 heteroatoms. The van der Waals surface area contributed by atoms with Crippen molar-refractivity contribution in [3.8, 4) is 0 Å². The Morgan fingerprint density at radius 2 is 2.00 bits per heavy atom. The second-order valence-corrected chi connectivity index (χ2v) is 6.75. The van der Waals surface area contributed by atoms with Crippen molar-refractivity contribution in [2.75, 3.05) is 12.0 Å². The van der Waals surface area contributed by atoms with Gasteiger partial charge in [0.15, 0.2) is 0 Å². The van der Waals surface area contributed by atoms with Gasteiger partial charge in [-0.3, -0.25) is 5.43 Å². The molecule has 1 aliphatic rings. The molecule has 0 aromatic carbocycles. The van der Waals surface area contributed by atoms with Gasteiger partial charge >= 0.3 is 0 Å². The van der Waals surface area contributed by atoms with Crippen LogP contribution in [0.5, 0.6) is 0 Å². The maximum atomic E-state index is 12.5. The molecule has 2 unspecified atom stereocenters. The van der Waals surface area contributed by atoms with Gasteiger partial charge in [-0.15, -0.1) is 0 Å². The Hall–Kier alpha value is -1.25. The van der Waals surface area contributed by atoms with E-state index in [4.69, 9.17) is 5.84 Å². The van der Waals surface area contributed by atoms with E-state index in [0.717, 1.165) is 12.8 Å². The lowest BCUT2D eigenvalue weighted by Crippen LogP contribution is -2.45. The first-order valence-corrected chi connectivity index (χ1v) is 7.71. The van der Waals surface area contributed by atoms with E-state index in [-0.39, 0.29) is 16.9 Å². The summed E-state index contributed by atoms with van der Waals surface area (Å²) < 4.78 is 26.6. The van der Waals surface area contributed by atoms with Gasteiger partial charge < -0.3 is 0 Å². The van der Waals surface area contributed by atoms with Gasteiger partial charge in [0.1, 0.15) is 4.90 Å². The van der Waals surface area contributed by atoms with Crippen molar-refractivity contribution < 1.29 is 8.42 Å². The number of hydrogen-bond acceptors (Lipinski definition) is 6. The number of hydrazine groups is 1. The number of nitrogens with zero attached hydrogens (tertiary/aromatic N) is 3. The number of nitrogens with two attached hydrogens (primary N) is 1. The van der Waals surface area contributed by atoms with Crippen molar-refractivity contribution in [3.05, 3.63) is 12.4 Å². The maximum absolute atomic E-state index is 12.5. The molecule has 1 aromatic heterocycles. The molecule has 2 heterocycles. The summed E-state index contributed by atoms with van der Waals surface area (Å²) in [5, 5.41) is 0. The second kappa shape index (κ2) is 5.40. The van der Waals surface area contributed by atoms with Crippen LogP contribution in [0, 0.1) is 5.92 Å². The Balaban J connectivity index is 2.30. The van der Waals surface area contributed by atoms with Crippen molar-refractivity contribution in [1.82, 2.24) is 14.3 Å². The Kier molecular flexibility index (Phi) is 4.02. The minimum absolute atomic E-state index is 0.00828. The minimum atomic E-state index is -3.53. The highest BCUT2D eigenvalue weighted by atomic mass is 32.2. The van der Waals surface area contributed by atoms with Crippen LogP contribution in [0.15, 0.2) is 17.3 Å². The van der Waals surface area contributed by atoms with Crippen molar-refractivity contribution in [2.24, 2.45) is 11.8 Å². The predicted molar refractivity (Wildman–Crippen MR) is 71.6 cm³/mol. The highest BCUT2D eigenvalue weighted by molar-refractivity contribution is 7.89. The molecule has 19 heavy (non-hydrogen) atoms. The summed E-state index contributed by atoms with van der Waals surface area (Å²) in [5.41, 5.74) is 2.27. The van der Waals surface area contributed by atoms with Crippen LogP contribution < -0.4 is 11.3 Å². The van der Waals surface area contributed by atoms with Crippen molar-refractivity contribution in [2.45, 2.75) is 37.6 Å². The quantitative estimate of drug-likeness (QED) is 0.622. The van der Waals surface area contributed by atoms with Crippen LogP contribution in [0.25, 0.3) is 0 Å². The van der Waals surface area contributed by atoms with Crippen LogP contribution in [0.2, 0.25) is 0 Å². The van der Waals surface area contributed by atoms with Gasteiger partial charge in [-0.05, 0) is 25.7 Å². The molecule has 1 aromatic rings. The summed E-state index contributed by atoms with van der Waals surface area (Å²) >= 11 is 0. The zero-order valence-electron chi connectivity index (χ0n) is 11.1. The van der Waals surface area contributed by atoms with Gasteiger partial charge in [0, 0.05) is 12.6 Å². The van der Waals surface area contributed by atoms with E-state index in [2.05, 4.69) is 22.3 Å². The van der Waals surface area contributed by atoms with E-state index in [1.807, 2.05) is 6.92 Å². The van der Waals surface area contributed by atoms with E-state index < -0.39 is 10.0 Å². The highest BCUT2D eigenvalue weighted by Crippen LogP contribution is 2.28. The number of sulfonamides is 1. The van der Waals surface area contributed by atoms with Crippen LogP contribution in [0.1, 0.15) is 26.7 Å². The zero-order chi connectivity index (χ0) is 14.0. The van der Waals surface area contributed by atoms with Crippen LogP contribution in [0.3, 0.4) is 0 Å². The Morgan fingerprint density at radius 3 is 2.58 bits per heavy atom. The SMILES string of the molecule is CC1CCCN(S(=O)(=O)c2cnc(NN)nc2)C1C.